The molecule has 1 heterocycles. The molecule has 0 radical (unpaired) electrons. The number of rotatable bonds is 4. The number of carboxylic acid groups (broad SMARTS) is 1. The maximum absolute atomic E-state index is 11.4. The quantitative estimate of drug-likeness (QED) is 0.597. The van der Waals surface area contributed by atoms with E-state index in [4.69, 9.17) is 9.52 Å². The smallest absolute Gasteiger partial charge is 0.335 e. The summed E-state index contributed by atoms with van der Waals surface area (Å²) in [6.45, 7) is 0.166. The van der Waals surface area contributed by atoms with Gasteiger partial charge in [0.05, 0.1) is 18.4 Å². The fourth-order valence-corrected chi connectivity index (χ4v) is 2.33. The van der Waals surface area contributed by atoms with Gasteiger partial charge in [-0.05, 0) is 60.4 Å². The maximum Gasteiger partial charge on any atom is 0.335 e. The largest absolute Gasteiger partial charge is 0.502 e. The molecule has 0 saturated heterocycles. The molecule has 6 nitrogen and oxygen atoms in total. The van der Waals surface area contributed by atoms with Crippen LogP contribution >= 0.6 is 0 Å². The predicted molar refractivity (Wildman–Crippen MR) is 108 cm³/mol. The molecule has 0 atom stereocenters. The summed E-state index contributed by atoms with van der Waals surface area (Å²) >= 11 is 0. The van der Waals surface area contributed by atoms with E-state index in [1.807, 2.05) is 0 Å². The average Bonchev–Trinajstić information content (AvgIpc) is 2.73. The van der Waals surface area contributed by atoms with Crippen LogP contribution in [0.4, 0.5) is 5.69 Å². The minimum Gasteiger partial charge on any atom is -0.502 e. The molecule has 3 aromatic rings. The Bertz CT molecular complexity index is 1200. The van der Waals surface area contributed by atoms with E-state index in [0.717, 1.165) is 17.3 Å². The van der Waals surface area contributed by atoms with Crippen molar-refractivity contribution in [1.82, 2.24) is 0 Å². The summed E-state index contributed by atoms with van der Waals surface area (Å²) in [7, 11) is 0. The monoisotopic (exact) mass is 385 g/mol. The first-order chi connectivity index (χ1) is 14.0. The molecule has 0 aliphatic heterocycles. The Hall–Kier alpha value is -4.42. The Morgan fingerprint density at radius 1 is 0.931 bits per heavy atom. The van der Waals surface area contributed by atoms with Crippen LogP contribution in [0.5, 0.6) is 5.75 Å². The van der Waals surface area contributed by atoms with Crippen molar-refractivity contribution in [2.75, 3.05) is 5.32 Å². The van der Waals surface area contributed by atoms with Gasteiger partial charge in [0.1, 0.15) is 0 Å². The van der Waals surface area contributed by atoms with Crippen LogP contribution < -0.4 is 10.7 Å². The number of hydrogen-bond acceptors (Lipinski definition) is 5. The molecule has 0 unspecified atom stereocenters. The second kappa shape index (κ2) is 8.98. The van der Waals surface area contributed by atoms with E-state index in [2.05, 4.69) is 29.0 Å². The van der Waals surface area contributed by atoms with E-state index < -0.39 is 17.1 Å². The first kappa shape index (κ1) is 19.3. The first-order valence-corrected chi connectivity index (χ1v) is 8.52. The molecule has 6 heteroatoms. The van der Waals surface area contributed by atoms with E-state index in [9.17, 15) is 14.7 Å². The van der Waals surface area contributed by atoms with Crippen LogP contribution in [-0.2, 0) is 6.54 Å². The van der Waals surface area contributed by atoms with Gasteiger partial charge in [-0.15, -0.1) is 0 Å². The summed E-state index contributed by atoms with van der Waals surface area (Å²) in [4.78, 5) is 22.2. The van der Waals surface area contributed by atoms with Crippen molar-refractivity contribution in [3.05, 3.63) is 93.5 Å². The molecule has 142 valence electrons. The standard InChI is InChI=1S/C23H15NO5/c25-20-13-14-29-21(22(20)26)15-24-19-11-7-17(8-12-19)4-2-1-3-16-5-9-18(10-6-16)23(27)28/h5-14,24,26H,15H2,(H,27,28). The van der Waals surface area contributed by atoms with Gasteiger partial charge < -0.3 is 19.9 Å². The Morgan fingerprint density at radius 3 is 2.10 bits per heavy atom. The number of carboxylic acids is 1. The number of benzene rings is 2. The maximum atomic E-state index is 11.4. The highest BCUT2D eigenvalue weighted by Gasteiger charge is 2.06. The lowest BCUT2D eigenvalue weighted by molar-refractivity contribution is 0.0697. The summed E-state index contributed by atoms with van der Waals surface area (Å²) < 4.78 is 5.13. The summed E-state index contributed by atoms with van der Waals surface area (Å²) in [6, 6.07) is 14.6. The first-order valence-electron chi connectivity index (χ1n) is 8.52. The van der Waals surface area contributed by atoms with E-state index in [1.54, 1.807) is 36.4 Å². The molecular weight excluding hydrogens is 370 g/mol. The molecule has 0 saturated carbocycles. The zero-order valence-corrected chi connectivity index (χ0v) is 15.1. The summed E-state index contributed by atoms with van der Waals surface area (Å²) in [5, 5.41) is 21.6. The Balaban J connectivity index is 1.59. The van der Waals surface area contributed by atoms with Crippen LogP contribution in [0.15, 0.2) is 70.1 Å². The van der Waals surface area contributed by atoms with E-state index in [-0.39, 0.29) is 17.9 Å². The third-order valence-electron chi connectivity index (χ3n) is 3.87. The molecule has 3 rings (SSSR count). The molecule has 1 aromatic heterocycles. The number of anilines is 1. The highest BCUT2D eigenvalue weighted by atomic mass is 16.4. The topological polar surface area (TPSA) is 99.8 Å². The van der Waals surface area contributed by atoms with Crippen LogP contribution in [0, 0.1) is 23.7 Å². The van der Waals surface area contributed by atoms with Gasteiger partial charge in [0.25, 0.3) is 0 Å². The molecule has 0 aliphatic rings. The van der Waals surface area contributed by atoms with Crippen molar-refractivity contribution < 1.29 is 19.4 Å². The van der Waals surface area contributed by atoms with Gasteiger partial charge in [-0.1, -0.05) is 11.8 Å². The van der Waals surface area contributed by atoms with Gasteiger partial charge in [0.2, 0.25) is 11.2 Å². The van der Waals surface area contributed by atoms with E-state index in [0.29, 0.717) is 5.56 Å². The van der Waals surface area contributed by atoms with Crippen LogP contribution in [0.3, 0.4) is 0 Å². The van der Waals surface area contributed by atoms with E-state index in [1.165, 1.54) is 18.4 Å². The summed E-state index contributed by atoms with van der Waals surface area (Å²) in [6.07, 6.45) is 1.24. The van der Waals surface area contributed by atoms with Gasteiger partial charge in [-0.2, -0.15) is 0 Å². The highest BCUT2D eigenvalue weighted by Crippen LogP contribution is 2.14. The van der Waals surface area contributed by atoms with Crippen molar-refractivity contribution in [2.24, 2.45) is 0 Å². The van der Waals surface area contributed by atoms with E-state index >= 15 is 0 Å². The normalized spacial score (nSPS) is 9.52. The zero-order chi connectivity index (χ0) is 20.6. The molecule has 2 aromatic carbocycles. The number of aromatic hydroxyl groups is 1. The van der Waals surface area contributed by atoms with Crippen LogP contribution in [0.2, 0.25) is 0 Å². The fourth-order valence-electron chi connectivity index (χ4n) is 2.33. The summed E-state index contributed by atoms with van der Waals surface area (Å²) in [5.74, 6) is 10.0. The van der Waals surface area contributed by atoms with Gasteiger partial charge >= 0.3 is 5.97 Å². The zero-order valence-electron chi connectivity index (χ0n) is 15.1. The Labute approximate surface area is 166 Å². The molecule has 0 fully saturated rings. The van der Waals surface area contributed by atoms with Crippen molar-refractivity contribution in [1.29, 1.82) is 0 Å². The number of hydrogen-bond donors (Lipinski definition) is 3. The van der Waals surface area contributed by atoms with Gasteiger partial charge in [0, 0.05) is 22.9 Å². The third kappa shape index (κ3) is 5.29. The average molecular weight is 385 g/mol. The predicted octanol–water partition coefficient (Wildman–Crippen LogP) is 3.06. The van der Waals surface area contributed by atoms with Gasteiger partial charge in [-0.25, -0.2) is 4.79 Å². The van der Waals surface area contributed by atoms with Crippen molar-refractivity contribution in [3.63, 3.8) is 0 Å². The molecule has 0 aliphatic carbocycles. The van der Waals surface area contributed by atoms with Crippen molar-refractivity contribution in [3.8, 4) is 29.4 Å². The summed E-state index contributed by atoms with van der Waals surface area (Å²) in [5.41, 5.74) is 1.93. The minimum atomic E-state index is -0.979. The lowest BCUT2D eigenvalue weighted by Gasteiger charge is -2.06. The molecule has 0 amide bonds. The second-order valence-electron chi connectivity index (χ2n) is 5.87. The molecule has 0 bridgehead atoms. The number of nitrogens with one attached hydrogen (secondary N) is 1. The van der Waals surface area contributed by atoms with Crippen molar-refractivity contribution >= 4 is 11.7 Å². The molecule has 29 heavy (non-hydrogen) atoms. The second-order valence-corrected chi connectivity index (χ2v) is 5.87. The SMILES string of the molecule is O=C(O)c1ccc(C#CC#Cc2ccc(NCc3occc(=O)c3O)cc2)cc1. The molecule has 0 spiro atoms. The lowest BCUT2D eigenvalue weighted by Crippen LogP contribution is -2.05. The van der Waals surface area contributed by atoms with Crippen molar-refractivity contribution in [2.45, 2.75) is 6.54 Å². The van der Waals surface area contributed by atoms with Crippen LogP contribution in [-0.4, -0.2) is 16.2 Å². The minimum absolute atomic E-state index is 0.160. The highest BCUT2D eigenvalue weighted by molar-refractivity contribution is 5.87. The fraction of sp³-hybridized carbons (Fsp3) is 0.0435. The third-order valence-corrected chi connectivity index (χ3v) is 3.87. The Morgan fingerprint density at radius 2 is 1.52 bits per heavy atom. The van der Waals surface area contributed by atoms with Gasteiger partial charge in [0.15, 0.2) is 5.76 Å². The van der Waals surface area contributed by atoms with Crippen LogP contribution in [0.1, 0.15) is 27.2 Å². The van der Waals surface area contributed by atoms with Crippen LogP contribution in [0.25, 0.3) is 0 Å². The number of aromatic carboxylic acids is 1. The van der Waals surface area contributed by atoms with Gasteiger partial charge in [-0.3, -0.25) is 4.79 Å². The molecule has 3 N–H and O–H groups in total. The number of carbonyl (C=O) groups is 1. The molecular formula is C23H15NO5. The lowest BCUT2D eigenvalue weighted by atomic mass is 10.1. The Kier molecular flexibility index (Phi) is 5.99.